The van der Waals surface area contributed by atoms with Gasteiger partial charge in [-0.3, -0.25) is 9.59 Å². The maximum atomic E-state index is 10.8. The molecule has 74 valence electrons. The molecule has 3 N–H and O–H groups in total. The summed E-state index contributed by atoms with van der Waals surface area (Å²) in [4.78, 5) is 21.0. The van der Waals surface area contributed by atoms with E-state index >= 15 is 0 Å². The van der Waals surface area contributed by atoms with Crippen LogP contribution in [0, 0.1) is 0 Å². The molecule has 0 unspecified atom stereocenters. The summed E-state index contributed by atoms with van der Waals surface area (Å²) >= 11 is 0. The number of carbonyl (C=O) groups excluding carboxylic acids is 2. The smallest absolute Gasteiger partial charge is 0.221 e. The summed E-state index contributed by atoms with van der Waals surface area (Å²) in [5.41, 5.74) is 0.803. The van der Waals surface area contributed by atoms with E-state index in [1.165, 1.54) is 25.1 Å². The molecule has 0 aliphatic rings. The van der Waals surface area contributed by atoms with E-state index in [0.29, 0.717) is 17.8 Å². The lowest BCUT2D eigenvalue weighted by Gasteiger charge is -2.08. The molecule has 0 heterocycles. The fraction of sp³-hybridized carbons (Fsp3) is 0.111. The highest BCUT2D eigenvalue weighted by Crippen LogP contribution is 2.25. The van der Waals surface area contributed by atoms with Crippen molar-refractivity contribution in [3.8, 4) is 5.75 Å². The number of nitrogens with one attached hydrogen (secondary N) is 2. The topological polar surface area (TPSA) is 78.4 Å². The van der Waals surface area contributed by atoms with Gasteiger partial charge in [-0.2, -0.15) is 0 Å². The average Bonchev–Trinajstić information content (AvgIpc) is 2.09. The van der Waals surface area contributed by atoms with Crippen molar-refractivity contribution in [3.63, 3.8) is 0 Å². The highest BCUT2D eigenvalue weighted by molar-refractivity contribution is 5.94. The summed E-state index contributed by atoms with van der Waals surface area (Å²) in [6.07, 6.45) is 0.472. The first-order chi connectivity index (χ1) is 6.63. The molecule has 1 aromatic rings. The van der Waals surface area contributed by atoms with Crippen LogP contribution >= 0.6 is 0 Å². The Hall–Kier alpha value is -2.04. The lowest BCUT2D eigenvalue weighted by atomic mass is 10.2. The third-order valence-corrected chi connectivity index (χ3v) is 1.53. The number of hydrogen-bond donors (Lipinski definition) is 3. The van der Waals surface area contributed by atoms with Crippen molar-refractivity contribution in [2.24, 2.45) is 0 Å². The van der Waals surface area contributed by atoms with Crippen molar-refractivity contribution in [1.29, 1.82) is 0 Å². The van der Waals surface area contributed by atoms with E-state index in [0.717, 1.165) is 0 Å². The number of rotatable bonds is 3. The number of anilines is 2. The van der Waals surface area contributed by atoms with E-state index in [9.17, 15) is 9.59 Å². The zero-order valence-electron chi connectivity index (χ0n) is 7.57. The second-order valence-corrected chi connectivity index (χ2v) is 2.67. The molecule has 14 heavy (non-hydrogen) atoms. The van der Waals surface area contributed by atoms with E-state index in [4.69, 9.17) is 5.11 Å². The molecule has 0 saturated heterocycles. The fourth-order valence-electron chi connectivity index (χ4n) is 1.01. The first-order valence-corrected chi connectivity index (χ1v) is 3.94. The summed E-state index contributed by atoms with van der Waals surface area (Å²) in [5.74, 6) is -0.229. The molecule has 1 rings (SSSR count). The van der Waals surface area contributed by atoms with Gasteiger partial charge in [0.25, 0.3) is 0 Å². The molecule has 5 heteroatoms. The number of hydrogen-bond acceptors (Lipinski definition) is 3. The predicted molar refractivity (Wildman–Crippen MR) is 52.1 cm³/mol. The van der Waals surface area contributed by atoms with Gasteiger partial charge in [-0.05, 0) is 12.1 Å². The Kier molecular flexibility index (Phi) is 3.06. The summed E-state index contributed by atoms with van der Waals surface area (Å²) in [7, 11) is 0. The first-order valence-electron chi connectivity index (χ1n) is 3.94. The molecule has 0 saturated carbocycles. The minimum Gasteiger partial charge on any atom is -0.508 e. The Bertz CT molecular complexity index is 363. The predicted octanol–water partition coefficient (Wildman–Crippen LogP) is 0.919. The maximum absolute atomic E-state index is 10.8. The van der Waals surface area contributed by atoms with E-state index in [1.54, 1.807) is 0 Å². The minimum absolute atomic E-state index is 0.0171. The summed E-state index contributed by atoms with van der Waals surface area (Å²) in [5, 5.41) is 14.0. The van der Waals surface area contributed by atoms with Gasteiger partial charge in [0, 0.05) is 13.0 Å². The van der Waals surface area contributed by atoms with Gasteiger partial charge in [0.1, 0.15) is 5.75 Å². The van der Waals surface area contributed by atoms with Crippen molar-refractivity contribution in [3.05, 3.63) is 18.2 Å². The molecule has 5 nitrogen and oxygen atoms in total. The number of benzene rings is 1. The zero-order chi connectivity index (χ0) is 10.6. The molecule has 0 bridgehead atoms. The fourth-order valence-corrected chi connectivity index (χ4v) is 1.01. The second kappa shape index (κ2) is 4.27. The lowest BCUT2D eigenvalue weighted by molar-refractivity contribution is -0.114. The molecule has 0 aliphatic carbocycles. The van der Waals surface area contributed by atoms with Crippen LogP contribution in [0.5, 0.6) is 5.75 Å². The normalized spacial score (nSPS) is 9.21. The Morgan fingerprint density at radius 2 is 2.14 bits per heavy atom. The van der Waals surface area contributed by atoms with E-state index < -0.39 is 0 Å². The Morgan fingerprint density at radius 1 is 1.43 bits per heavy atom. The maximum Gasteiger partial charge on any atom is 0.221 e. The third-order valence-electron chi connectivity index (χ3n) is 1.53. The van der Waals surface area contributed by atoms with Crippen molar-refractivity contribution >= 4 is 23.7 Å². The molecular formula is C9H10N2O3. The average molecular weight is 194 g/mol. The molecule has 0 radical (unpaired) electrons. The van der Waals surface area contributed by atoms with Crippen molar-refractivity contribution in [2.75, 3.05) is 10.6 Å². The van der Waals surface area contributed by atoms with Gasteiger partial charge >= 0.3 is 0 Å². The molecule has 0 spiro atoms. The molecule has 0 atom stereocenters. The monoisotopic (exact) mass is 194 g/mol. The molecule has 0 aliphatic heterocycles. The Balaban J connectivity index is 3.01. The quantitative estimate of drug-likeness (QED) is 0.494. The summed E-state index contributed by atoms with van der Waals surface area (Å²) in [6, 6.07) is 4.27. The van der Waals surface area contributed by atoms with E-state index in [-0.39, 0.29) is 11.7 Å². The van der Waals surface area contributed by atoms with Crippen LogP contribution in [0.2, 0.25) is 0 Å². The number of phenolic OH excluding ortho intramolecular Hbond substituents is 1. The van der Waals surface area contributed by atoms with Gasteiger partial charge < -0.3 is 15.7 Å². The van der Waals surface area contributed by atoms with Crippen LogP contribution in [0.3, 0.4) is 0 Å². The molecule has 1 aromatic carbocycles. The zero-order valence-corrected chi connectivity index (χ0v) is 7.57. The number of aromatic hydroxyl groups is 1. The number of carbonyl (C=O) groups is 2. The SMILES string of the molecule is CC(=O)Nc1ccc(O)cc1NC=O. The van der Waals surface area contributed by atoms with Crippen molar-refractivity contribution in [1.82, 2.24) is 0 Å². The standard InChI is InChI=1S/C9H10N2O3/c1-6(13)11-8-3-2-7(14)4-9(8)10-5-12/h2-5,14H,1H3,(H,10,12)(H,11,13). The lowest BCUT2D eigenvalue weighted by Crippen LogP contribution is -2.08. The highest BCUT2D eigenvalue weighted by Gasteiger charge is 2.03. The van der Waals surface area contributed by atoms with Gasteiger partial charge in [0.2, 0.25) is 12.3 Å². The minimum atomic E-state index is -0.246. The third kappa shape index (κ3) is 2.48. The van der Waals surface area contributed by atoms with E-state index in [2.05, 4.69) is 10.6 Å². The van der Waals surface area contributed by atoms with Gasteiger partial charge in [0.15, 0.2) is 0 Å². The number of amides is 2. The van der Waals surface area contributed by atoms with Crippen molar-refractivity contribution < 1.29 is 14.7 Å². The summed E-state index contributed by atoms with van der Waals surface area (Å²) in [6.45, 7) is 1.36. The van der Waals surface area contributed by atoms with Crippen LogP contribution in [-0.4, -0.2) is 17.4 Å². The van der Waals surface area contributed by atoms with Gasteiger partial charge in [-0.1, -0.05) is 0 Å². The van der Waals surface area contributed by atoms with Crippen LogP contribution in [0.25, 0.3) is 0 Å². The van der Waals surface area contributed by atoms with Crippen LogP contribution in [0.4, 0.5) is 11.4 Å². The molecule has 0 aromatic heterocycles. The Labute approximate surface area is 80.7 Å². The number of phenols is 1. The largest absolute Gasteiger partial charge is 0.508 e. The second-order valence-electron chi connectivity index (χ2n) is 2.67. The van der Waals surface area contributed by atoms with Gasteiger partial charge in [-0.25, -0.2) is 0 Å². The summed E-state index contributed by atoms with van der Waals surface area (Å²) < 4.78 is 0. The molecule has 2 amide bonds. The van der Waals surface area contributed by atoms with Crippen LogP contribution < -0.4 is 10.6 Å². The van der Waals surface area contributed by atoms with Crippen LogP contribution in [0.1, 0.15) is 6.92 Å². The van der Waals surface area contributed by atoms with E-state index in [1.807, 2.05) is 0 Å². The van der Waals surface area contributed by atoms with Crippen molar-refractivity contribution in [2.45, 2.75) is 6.92 Å². The Morgan fingerprint density at radius 3 is 2.71 bits per heavy atom. The van der Waals surface area contributed by atoms with Crippen LogP contribution in [-0.2, 0) is 9.59 Å². The first kappa shape index (κ1) is 10.0. The van der Waals surface area contributed by atoms with Gasteiger partial charge in [0.05, 0.1) is 11.4 Å². The molecular weight excluding hydrogens is 184 g/mol. The molecule has 0 fully saturated rings. The van der Waals surface area contributed by atoms with Crippen LogP contribution in [0.15, 0.2) is 18.2 Å². The van der Waals surface area contributed by atoms with Gasteiger partial charge in [-0.15, -0.1) is 0 Å². The highest BCUT2D eigenvalue weighted by atomic mass is 16.3.